The Morgan fingerprint density at radius 3 is 2.63 bits per heavy atom. The van der Waals surface area contributed by atoms with Crippen LogP contribution in [0.4, 0.5) is 5.82 Å². The minimum absolute atomic E-state index is 0.126. The van der Waals surface area contributed by atoms with Crippen molar-refractivity contribution in [3.05, 3.63) is 60.1 Å². The summed E-state index contributed by atoms with van der Waals surface area (Å²) < 4.78 is 13.1. The summed E-state index contributed by atoms with van der Waals surface area (Å²) in [6, 6.07) is 9.89. The van der Waals surface area contributed by atoms with Crippen molar-refractivity contribution in [1.29, 1.82) is 0 Å². The summed E-state index contributed by atoms with van der Waals surface area (Å²) in [6.07, 6.45) is 10.7. The zero-order chi connectivity index (χ0) is 20.3. The Balaban J connectivity index is 1.43. The zero-order valence-electron chi connectivity index (χ0n) is 17.2. The molecule has 5 rings (SSSR count). The fraction of sp³-hybridized carbons (Fsp3) is 0.435. The highest BCUT2D eigenvalue weighted by atomic mass is 16.5. The molecule has 0 amide bonds. The monoisotopic (exact) mass is 405 g/mol. The van der Waals surface area contributed by atoms with E-state index < -0.39 is 0 Å². The highest BCUT2D eigenvalue weighted by Crippen LogP contribution is 2.37. The van der Waals surface area contributed by atoms with E-state index in [0.29, 0.717) is 23.5 Å². The molecule has 1 N–H and O–H groups in total. The lowest BCUT2D eigenvalue weighted by molar-refractivity contribution is 0.129. The van der Waals surface area contributed by atoms with Crippen molar-refractivity contribution >= 4 is 5.82 Å². The molecule has 7 heteroatoms. The van der Waals surface area contributed by atoms with Crippen LogP contribution in [0.1, 0.15) is 37.3 Å². The molecule has 1 aromatic heterocycles. The van der Waals surface area contributed by atoms with Crippen LogP contribution in [0.25, 0.3) is 5.69 Å². The number of allylic oxidation sites excluding steroid dienone is 2. The number of aromatic nitrogens is 2. The Bertz CT molecular complexity index is 966. The number of nitrogens with zero attached hydrogens (tertiary/aromatic N) is 4. The Morgan fingerprint density at radius 1 is 1.10 bits per heavy atom. The van der Waals surface area contributed by atoms with Crippen LogP contribution in [-0.2, 0) is 4.74 Å². The second-order valence-electron chi connectivity index (χ2n) is 8.07. The number of nitrogens with one attached hydrogen (secondary N) is 1. The first-order valence-corrected chi connectivity index (χ1v) is 10.7. The summed E-state index contributed by atoms with van der Waals surface area (Å²) in [7, 11) is 1.67. The third-order valence-corrected chi connectivity index (χ3v) is 5.92. The second kappa shape index (κ2) is 8.44. The molecule has 156 valence electrons. The maximum absolute atomic E-state index is 5.99. The van der Waals surface area contributed by atoms with E-state index in [0.717, 1.165) is 43.1 Å². The molecule has 1 unspecified atom stereocenters. The summed E-state index contributed by atoms with van der Waals surface area (Å²) in [5.74, 6) is 3.13. The van der Waals surface area contributed by atoms with Gasteiger partial charge in [0.15, 0.2) is 5.82 Å². The van der Waals surface area contributed by atoms with Gasteiger partial charge in [-0.1, -0.05) is 6.08 Å². The lowest BCUT2D eigenvalue weighted by Crippen LogP contribution is -2.26. The van der Waals surface area contributed by atoms with Gasteiger partial charge in [0.2, 0.25) is 5.88 Å². The lowest BCUT2D eigenvalue weighted by atomic mass is 9.95. The molecule has 7 nitrogen and oxygen atoms in total. The molecule has 2 aromatic rings. The van der Waals surface area contributed by atoms with E-state index >= 15 is 0 Å². The SMILES string of the molecule is COc1ccc(-n2nc(C3CCNCC3)cc2N=NC2=CC=CC(C3CC3)O2)cc1. The predicted molar refractivity (Wildman–Crippen MR) is 114 cm³/mol. The van der Waals surface area contributed by atoms with Crippen LogP contribution < -0.4 is 10.1 Å². The van der Waals surface area contributed by atoms with Crippen molar-refractivity contribution < 1.29 is 9.47 Å². The van der Waals surface area contributed by atoms with Crippen LogP contribution in [0.2, 0.25) is 0 Å². The number of rotatable bonds is 6. The molecule has 1 saturated carbocycles. The van der Waals surface area contributed by atoms with E-state index in [2.05, 4.69) is 27.7 Å². The van der Waals surface area contributed by atoms with Crippen LogP contribution in [0, 0.1) is 5.92 Å². The fourth-order valence-corrected chi connectivity index (χ4v) is 3.99. The number of hydrogen-bond acceptors (Lipinski definition) is 6. The van der Waals surface area contributed by atoms with Gasteiger partial charge in [-0.3, -0.25) is 0 Å². The summed E-state index contributed by atoms with van der Waals surface area (Å²) in [5.41, 5.74) is 2.00. The summed E-state index contributed by atoms with van der Waals surface area (Å²) in [6.45, 7) is 2.04. The van der Waals surface area contributed by atoms with E-state index in [9.17, 15) is 0 Å². The molecule has 0 bridgehead atoms. The highest BCUT2D eigenvalue weighted by molar-refractivity contribution is 5.45. The van der Waals surface area contributed by atoms with Crippen LogP contribution in [0.5, 0.6) is 5.75 Å². The number of ether oxygens (including phenoxy) is 2. The first kappa shape index (κ1) is 19.1. The normalized spacial score (nSPS) is 22.2. The molecule has 0 radical (unpaired) electrons. The summed E-state index contributed by atoms with van der Waals surface area (Å²) in [4.78, 5) is 0. The van der Waals surface area contributed by atoms with Gasteiger partial charge in [-0.2, -0.15) is 5.10 Å². The lowest BCUT2D eigenvalue weighted by Gasteiger charge is -2.20. The average Bonchev–Trinajstić information content (AvgIpc) is 3.58. The number of hydrogen-bond donors (Lipinski definition) is 1. The number of benzene rings is 1. The maximum Gasteiger partial charge on any atom is 0.233 e. The van der Waals surface area contributed by atoms with Gasteiger partial charge in [-0.25, -0.2) is 4.68 Å². The van der Waals surface area contributed by atoms with E-state index in [1.807, 2.05) is 41.1 Å². The van der Waals surface area contributed by atoms with E-state index in [1.165, 1.54) is 12.8 Å². The first-order chi connectivity index (χ1) is 14.8. The smallest absolute Gasteiger partial charge is 0.233 e. The van der Waals surface area contributed by atoms with Gasteiger partial charge in [0.1, 0.15) is 11.9 Å². The molecule has 3 heterocycles. The Morgan fingerprint density at radius 2 is 1.90 bits per heavy atom. The van der Waals surface area contributed by atoms with Crippen LogP contribution >= 0.6 is 0 Å². The number of methoxy groups -OCH3 is 1. The van der Waals surface area contributed by atoms with Gasteiger partial charge >= 0.3 is 0 Å². The van der Waals surface area contributed by atoms with Crippen LogP contribution in [-0.4, -0.2) is 36.1 Å². The van der Waals surface area contributed by atoms with Gasteiger partial charge < -0.3 is 14.8 Å². The molecular weight excluding hydrogens is 378 g/mol. The molecule has 1 aromatic carbocycles. The number of azo groups is 1. The van der Waals surface area contributed by atoms with Crippen molar-refractivity contribution in [2.45, 2.75) is 37.7 Å². The van der Waals surface area contributed by atoms with Crippen molar-refractivity contribution in [2.75, 3.05) is 20.2 Å². The van der Waals surface area contributed by atoms with Gasteiger partial charge in [-0.05, 0) is 75.0 Å². The quantitative estimate of drug-likeness (QED) is 0.711. The summed E-state index contributed by atoms with van der Waals surface area (Å²) in [5, 5.41) is 17.2. The highest BCUT2D eigenvalue weighted by Gasteiger charge is 2.32. The van der Waals surface area contributed by atoms with Gasteiger partial charge in [0, 0.05) is 18.1 Å². The molecule has 30 heavy (non-hydrogen) atoms. The molecule has 2 aliphatic heterocycles. The average molecular weight is 406 g/mol. The van der Waals surface area contributed by atoms with Crippen molar-refractivity contribution in [2.24, 2.45) is 16.1 Å². The topological polar surface area (TPSA) is 73.0 Å². The van der Waals surface area contributed by atoms with Gasteiger partial charge in [-0.15, -0.1) is 10.2 Å². The Labute approximate surface area is 176 Å². The van der Waals surface area contributed by atoms with Gasteiger partial charge in [0.25, 0.3) is 0 Å². The Hall–Kier alpha value is -2.93. The minimum atomic E-state index is 0.126. The van der Waals surface area contributed by atoms with Crippen molar-refractivity contribution in [3.63, 3.8) is 0 Å². The number of piperidine rings is 1. The third kappa shape index (κ3) is 4.16. The molecular formula is C23H27N5O2. The first-order valence-electron chi connectivity index (χ1n) is 10.7. The molecule has 1 saturated heterocycles. The molecule has 1 aliphatic carbocycles. The summed E-state index contributed by atoms with van der Waals surface area (Å²) >= 11 is 0. The fourth-order valence-electron chi connectivity index (χ4n) is 3.99. The third-order valence-electron chi connectivity index (χ3n) is 5.92. The zero-order valence-corrected chi connectivity index (χ0v) is 17.2. The Kier molecular flexibility index (Phi) is 5.36. The largest absolute Gasteiger partial charge is 0.497 e. The van der Waals surface area contributed by atoms with Crippen molar-refractivity contribution in [1.82, 2.24) is 15.1 Å². The standard InChI is InChI=1S/C23H27N5O2/c1-29-19-9-7-18(8-10-19)28-22(15-20(27-28)16-11-13-24-14-12-16)25-26-23-4-2-3-21(30-23)17-5-6-17/h2-4,7-10,15-17,21,24H,5-6,11-14H2,1H3. The minimum Gasteiger partial charge on any atom is -0.497 e. The molecule has 1 atom stereocenters. The molecule has 3 aliphatic rings. The maximum atomic E-state index is 5.99. The second-order valence-corrected chi connectivity index (χ2v) is 8.07. The molecule has 2 fully saturated rings. The van der Waals surface area contributed by atoms with Crippen molar-refractivity contribution in [3.8, 4) is 11.4 Å². The van der Waals surface area contributed by atoms with E-state index in [4.69, 9.17) is 14.6 Å². The molecule has 0 spiro atoms. The van der Waals surface area contributed by atoms with Crippen LogP contribution in [0.15, 0.2) is 64.7 Å². The van der Waals surface area contributed by atoms with Gasteiger partial charge in [0.05, 0.1) is 18.5 Å². The van der Waals surface area contributed by atoms with E-state index in [-0.39, 0.29) is 6.10 Å². The van der Waals surface area contributed by atoms with Crippen LogP contribution in [0.3, 0.4) is 0 Å². The van der Waals surface area contributed by atoms with E-state index in [1.54, 1.807) is 7.11 Å². The predicted octanol–water partition coefficient (Wildman–Crippen LogP) is 4.64.